The minimum atomic E-state index is 0. The van der Waals surface area contributed by atoms with Crippen LogP contribution >= 0.6 is 39.9 Å². The Labute approximate surface area is 104 Å². The van der Waals surface area contributed by atoms with Crippen molar-refractivity contribution in [2.75, 3.05) is 6.54 Å². The van der Waals surface area contributed by atoms with Gasteiger partial charge in [-0.15, -0.1) is 12.4 Å². The Kier molecular flexibility index (Phi) is 4.71. The topological polar surface area (TPSA) is 12.0 Å². The standard InChI is InChI=1S/C10H11BrClN.ClH/c11-7-3-4-8(9(12)6-7)10-2-1-5-13-10;/h3-4,6,10,13H,1-2,5H2;1H. The first-order valence-electron chi connectivity index (χ1n) is 4.46. The fourth-order valence-electron chi connectivity index (χ4n) is 1.73. The molecular weight excluding hydrogens is 285 g/mol. The van der Waals surface area contributed by atoms with E-state index in [9.17, 15) is 0 Å². The largest absolute Gasteiger partial charge is 0.310 e. The van der Waals surface area contributed by atoms with Crippen molar-refractivity contribution >= 4 is 39.9 Å². The first-order valence-corrected chi connectivity index (χ1v) is 5.63. The summed E-state index contributed by atoms with van der Waals surface area (Å²) in [5.74, 6) is 0. The molecule has 0 aromatic heterocycles. The van der Waals surface area contributed by atoms with Crippen molar-refractivity contribution in [3.63, 3.8) is 0 Å². The van der Waals surface area contributed by atoms with Crippen molar-refractivity contribution in [3.05, 3.63) is 33.3 Å². The van der Waals surface area contributed by atoms with Crippen LogP contribution in [0.5, 0.6) is 0 Å². The maximum atomic E-state index is 6.14. The molecule has 1 unspecified atom stereocenters. The average molecular weight is 297 g/mol. The lowest BCUT2D eigenvalue weighted by Gasteiger charge is -2.12. The van der Waals surface area contributed by atoms with Crippen LogP contribution in [0, 0.1) is 0 Å². The highest BCUT2D eigenvalue weighted by Crippen LogP contribution is 2.30. The first-order chi connectivity index (χ1) is 6.27. The molecule has 4 heteroatoms. The summed E-state index contributed by atoms with van der Waals surface area (Å²) in [6.45, 7) is 1.11. The van der Waals surface area contributed by atoms with Crippen LogP contribution in [0.25, 0.3) is 0 Å². The van der Waals surface area contributed by atoms with Crippen molar-refractivity contribution in [1.82, 2.24) is 5.32 Å². The molecule has 1 saturated heterocycles. The Bertz CT molecular complexity index is 311. The summed E-state index contributed by atoms with van der Waals surface area (Å²) in [6.07, 6.45) is 2.44. The van der Waals surface area contributed by atoms with Gasteiger partial charge in [-0.25, -0.2) is 0 Å². The van der Waals surface area contributed by atoms with E-state index in [2.05, 4.69) is 27.3 Å². The molecule has 1 nitrogen and oxygen atoms in total. The van der Waals surface area contributed by atoms with Gasteiger partial charge in [0.25, 0.3) is 0 Å². The molecule has 0 bridgehead atoms. The number of nitrogens with one attached hydrogen (secondary N) is 1. The van der Waals surface area contributed by atoms with Gasteiger partial charge in [0, 0.05) is 15.5 Å². The van der Waals surface area contributed by atoms with E-state index in [1.54, 1.807) is 0 Å². The molecule has 2 rings (SSSR count). The second-order valence-electron chi connectivity index (χ2n) is 3.31. The Balaban J connectivity index is 0.000000980. The Morgan fingerprint density at radius 3 is 2.79 bits per heavy atom. The number of hydrogen-bond donors (Lipinski definition) is 1. The van der Waals surface area contributed by atoms with Crippen LogP contribution in [-0.2, 0) is 0 Å². The van der Waals surface area contributed by atoms with E-state index in [0.29, 0.717) is 6.04 Å². The van der Waals surface area contributed by atoms with E-state index >= 15 is 0 Å². The normalized spacial score (nSPS) is 20.6. The molecule has 1 aromatic rings. The minimum Gasteiger partial charge on any atom is -0.310 e. The number of benzene rings is 1. The molecule has 1 aliphatic rings. The molecule has 1 atom stereocenters. The Morgan fingerprint density at radius 2 is 2.21 bits per heavy atom. The van der Waals surface area contributed by atoms with Gasteiger partial charge in [-0.1, -0.05) is 33.6 Å². The highest BCUT2D eigenvalue weighted by atomic mass is 79.9. The molecule has 78 valence electrons. The van der Waals surface area contributed by atoms with Crippen LogP contribution in [0.3, 0.4) is 0 Å². The highest BCUT2D eigenvalue weighted by Gasteiger charge is 2.18. The summed E-state index contributed by atoms with van der Waals surface area (Å²) >= 11 is 9.54. The van der Waals surface area contributed by atoms with Gasteiger partial charge < -0.3 is 5.32 Å². The van der Waals surface area contributed by atoms with Crippen molar-refractivity contribution in [2.24, 2.45) is 0 Å². The number of hydrogen-bond acceptors (Lipinski definition) is 1. The highest BCUT2D eigenvalue weighted by molar-refractivity contribution is 9.10. The molecule has 1 fully saturated rings. The monoisotopic (exact) mass is 295 g/mol. The quantitative estimate of drug-likeness (QED) is 0.827. The molecule has 1 aliphatic heterocycles. The van der Waals surface area contributed by atoms with Crippen LogP contribution < -0.4 is 5.32 Å². The number of halogens is 3. The molecular formula is C10H12BrCl2N. The van der Waals surface area contributed by atoms with Crippen molar-refractivity contribution < 1.29 is 0 Å². The predicted molar refractivity (Wildman–Crippen MR) is 66.4 cm³/mol. The van der Waals surface area contributed by atoms with Gasteiger partial charge in [0.05, 0.1) is 0 Å². The van der Waals surface area contributed by atoms with Gasteiger partial charge in [0.2, 0.25) is 0 Å². The Hall–Kier alpha value is 0.240. The van der Waals surface area contributed by atoms with Gasteiger partial charge in [-0.05, 0) is 37.1 Å². The van der Waals surface area contributed by atoms with E-state index in [1.807, 2.05) is 12.1 Å². The summed E-state index contributed by atoms with van der Waals surface area (Å²) in [7, 11) is 0. The van der Waals surface area contributed by atoms with Crippen molar-refractivity contribution in [2.45, 2.75) is 18.9 Å². The van der Waals surface area contributed by atoms with Gasteiger partial charge in [-0.3, -0.25) is 0 Å². The van der Waals surface area contributed by atoms with E-state index in [1.165, 1.54) is 18.4 Å². The van der Waals surface area contributed by atoms with E-state index in [4.69, 9.17) is 11.6 Å². The SMILES string of the molecule is Cl.Clc1cc(Br)ccc1C1CCCN1. The third kappa shape index (κ3) is 2.63. The number of rotatable bonds is 1. The molecule has 14 heavy (non-hydrogen) atoms. The van der Waals surface area contributed by atoms with Gasteiger partial charge in [0.15, 0.2) is 0 Å². The fourth-order valence-corrected chi connectivity index (χ4v) is 2.54. The van der Waals surface area contributed by atoms with Gasteiger partial charge in [-0.2, -0.15) is 0 Å². The molecule has 1 heterocycles. The fraction of sp³-hybridized carbons (Fsp3) is 0.400. The predicted octanol–water partition coefficient (Wildman–Crippen LogP) is 3.95. The summed E-state index contributed by atoms with van der Waals surface area (Å²) in [5.41, 5.74) is 1.22. The maximum Gasteiger partial charge on any atom is 0.0465 e. The third-order valence-corrected chi connectivity index (χ3v) is 3.22. The van der Waals surface area contributed by atoms with Crippen LogP contribution in [-0.4, -0.2) is 6.54 Å². The zero-order valence-electron chi connectivity index (χ0n) is 7.59. The second kappa shape index (κ2) is 5.36. The summed E-state index contributed by atoms with van der Waals surface area (Å²) in [6, 6.07) is 6.55. The minimum absolute atomic E-state index is 0. The molecule has 0 spiro atoms. The second-order valence-corrected chi connectivity index (χ2v) is 4.64. The van der Waals surface area contributed by atoms with E-state index in [-0.39, 0.29) is 12.4 Å². The lowest BCUT2D eigenvalue weighted by atomic mass is 10.1. The summed E-state index contributed by atoms with van der Waals surface area (Å²) in [4.78, 5) is 0. The molecule has 1 aromatic carbocycles. The van der Waals surface area contributed by atoms with Crippen molar-refractivity contribution in [1.29, 1.82) is 0 Å². The average Bonchev–Trinajstić information content (AvgIpc) is 2.56. The molecule has 0 saturated carbocycles. The lowest BCUT2D eigenvalue weighted by Crippen LogP contribution is -2.13. The molecule has 0 amide bonds. The summed E-state index contributed by atoms with van der Waals surface area (Å²) in [5, 5.41) is 4.29. The molecule has 1 N–H and O–H groups in total. The zero-order valence-corrected chi connectivity index (χ0v) is 10.8. The Morgan fingerprint density at radius 1 is 1.43 bits per heavy atom. The van der Waals surface area contributed by atoms with Gasteiger partial charge in [0.1, 0.15) is 0 Å². The first kappa shape index (κ1) is 12.3. The van der Waals surface area contributed by atoms with Gasteiger partial charge >= 0.3 is 0 Å². The van der Waals surface area contributed by atoms with E-state index < -0.39 is 0 Å². The maximum absolute atomic E-state index is 6.14. The lowest BCUT2D eigenvalue weighted by molar-refractivity contribution is 0.648. The van der Waals surface area contributed by atoms with Crippen LogP contribution in [0.4, 0.5) is 0 Å². The zero-order chi connectivity index (χ0) is 9.26. The van der Waals surface area contributed by atoms with E-state index in [0.717, 1.165) is 16.0 Å². The summed E-state index contributed by atoms with van der Waals surface area (Å²) < 4.78 is 1.04. The molecule has 0 aliphatic carbocycles. The molecule has 0 radical (unpaired) electrons. The van der Waals surface area contributed by atoms with Crippen LogP contribution in [0.1, 0.15) is 24.4 Å². The van der Waals surface area contributed by atoms with Crippen LogP contribution in [0.2, 0.25) is 5.02 Å². The smallest absolute Gasteiger partial charge is 0.0465 e. The van der Waals surface area contributed by atoms with Crippen molar-refractivity contribution in [3.8, 4) is 0 Å². The third-order valence-electron chi connectivity index (χ3n) is 2.40. The van der Waals surface area contributed by atoms with Crippen LogP contribution in [0.15, 0.2) is 22.7 Å².